The van der Waals surface area contributed by atoms with E-state index in [-0.39, 0.29) is 5.91 Å². The Kier molecular flexibility index (Phi) is 4.41. The molecule has 0 aliphatic rings. The second-order valence-corrected chi connectivity index (χ2v) is 7.53. The predicted molar refractivity (Wildman–Crippen MR) is 112 cm³/mol. The monoisotopic (exact) mass is 376 g/mol. The van der Waals surface area contributed by atoms with Crippen molar-refractivity contribution in [3.63, 3.8) is 0 Å². The molecule has 0 radical (unpaired) electrons. The Labute approximate surface area is 161 Å². The zero-order valence-corrected chi connectivity index (χ0v) is 16.2. The summed E-state index contributed by atoms with van der Waals surface area (Å²) in [6, 6.07) is 17.8. The first-order valence-corrected chi connectivity index (χ1v) is 9.47. The zero-order valence-electron chi connectivity index (χ0n) is 15.4. The number of rotatable bonds is 4. The van der Waals surface area contributed by atoms with Crippen molar-refractivity contribution in [2.75, 3.05) is 24.3 Å². The van der Waals surface area contributed by atoms with Crippen molar-refractivity contribution in [2.24, 2.45) is 0 Å². The molecule has 4 aromatic rings. The second-order valence-electron chi connectivity index (χ2n) is 6.56. The van der Waals surface area contributed by atoms with E-state index in [0.717, 1.165) is 33.3 Å². The van der Waals surface area contributed by atoms with Gasteiger partial charge in [0.25, 0.3) is 5.91 Å². The van der Waals surface area contributed by atoms with Crippen LogP contribution in [0.3, 0.4) is 0 Å². The Morgan fingerprint density at radius 2 is 1.78 bits per heavy atom. The van der Waals surface area contributed by atoms with Crippen molar-refractivity contribution in [2.45, 2.75) is 6.92 Å². The summed E-state index contributed by atoms with van der Waals surface area (Å²) in [6.45, 7) is 1.95. The van der Waals surface area contributed by atoms with E-state index in [2.05, 4.69) is 10.3 Å². The molecule has 0 saturated carbocycles. The van der Waals surface area contributed by atoms with Crippen molar-refractivity contribution in [3.8, 4) is 11.3 Å². The second kappa shape index (κ2) is 6.89. The number of thiazole rings is 1. The first-order valence-electron chi connectivity index (χ1n) is 8.65. The molecule has 0 spiro atoms. The van der Waals surface area contributed by atoms with Crippen molar-refractivity contribution >= 4 is 33.6 Å². The van der Waals surface area contributed by atoms with Crippen LogP contribution in [0.2, 0.25) is 0 Å². The first kappa shape index (κ1) is 17.3. The van der Waals surface area contributed by atoms with Gasteiger partial charge in [-0.2, -0.15) is 0 Å². The average molecular weight is 376 g/mol. The lowest BCUT2D eigenvalue weighted by molar-refractivity contribution is 0.102. The summed E-state index contributed by atoms with van der Waals surface area (Å²) >= 11 is 1.41. The van der Waals surface area contributed by atoms with Crippen molar-refractivity contribution in [3.05, 3.63) is 71.4 Å². The molecule has 136 valence electrons. The van der Waals surface area contributed by atoms with Gasteiger partial charge in [-0.25, -0.2) is 4.98 Å². The normalized spacial score (nSPS) is 10.9. The summed E-state index contributed by atoms with van der Waals surface area (Å²) < 4.78 is 1.98. The quantitative estimate of drug-likeness (QED) is 0.562. The van der Waals surface area contributed by atoms with E-state index in [4.69, 9.17) is 0 Å². The number of hydrogen-bond acceptors (Lipinski definition) is 4. The Morgan fingerprint density at radius 1 is 1.07 bits per heavy atom. The number of imidazole rings is 1. The van der Waals surface area contributed by atoms with E-state index in [9.17, 15) is 4.79 Å². The minimum atomic E-state index is -0.109. The van der Waals surface area contributed by atoms with Crippen LogP contribution in [0.5, 0.6) is 0 Å². The fraction of sp³-hybridized carbons (Fsp3) is 0.143. The highest BCUT2D eigenvalue weighted by Gasteiger charge is 2.18. The van der Waals surface area contributed by atoms with Crippen molar-refractivity contribution in [1.82, 2.24) is 9.38 Å². The van der Waals surface area contributed by atoms with Gasteiger partial charge in [-0.3, -0.25) is 9.20 Å². The number of aryl methyl sites for hydroxylation is 1. The van der Waals surface area contributed by atoms with Crippen molar-refractivity contribution in [1.29, 1.82) is 0 Å². The lowest BCUT2D eigenvalue weighted by atomic mass is 10.2. The van der Waals surface area contributed by atoms with E-state index in [1.807, 2.05) is 91.1 Å². The van der Waals surface area contributed by atoms with E-state index < -0.39 is 0 Å². The number of benzene rings is 2. The van der Waals surface area contributed by atoms with E-state index in [1.165, 1.54) is 11.3 Å². The van der Waals surface area contributed by atoms with E-state index in [0.29, 0.717) is 4.88 Å². The molecule has 0 fully saturated rings. The summed E-state index contributed by atoms with van der Waals surface area (Å²) in [6.07, 6.45) is 1.99. The van der Waals surface area contributed by atoms with Gasteiger partial charge in [0.15, 0.2) is 4.96 Å². The maximum atomic E-state index is 12.7. The molecular weight excluding hydrogens is 356 g/mol. The standard InChI is InChI=1S/C21H20N4OS/c1-14-19(20(26)22-16-9-11-17(12-10-16)24(2)3)27-21-23-18(13-25(14)21)15-7-5-4-6-8-15/h4-13H,1-3H3,(H,22,26). The third-order valence-electron chi connectivity index (χ3n) is 4.47. The molecule has 4 rings (SSSR count). The molecule has 2 aromatic carbocycles. The number of amides is 1. The number of carbonyl (C=O) groups excluding carboxylic acids is 1. The summed E-state index contributed by atoms with van der Waals surface area (Å²) in [5, 5.41) is 2.97. The van der Waals surface area contributed by atoms with Gasteiger partial charge in [-0.05, 0) is 31.2 Å². The summed E-state index contributed by atoms with van der Waals surface area (Å²) in [4.78, 5) is 20.9. The van der Waals surface area contributed by atoms with Crippen LogP contribution in [0.15, 0.2) is 60.8 Å². The van der Waals surface area contributed by atoms with Crippen LogP contribution in [-0.2, 0) is 0 Å². The van der Waals surface area contributed by atoms with Gasteiger partial charge in [0.05, 0.1) is 5.69 Å². The predicted octanol–water partition coefficient (Wildman–Crippen LogP) is 4.69. The molecule has 2 aromatic heterocycles. The third kappa shape index (κ3) is 3.31. The molecule has 5 nitrogen and oxygen atoms in total. The first-order chi connectivity index (χ1) is 13.0. The molecular formula is C21H20N4OS. The third-order valence-corrected chi connectivity index (χ3v) is 5.63. The Morgan fingerprint density at radius 3 is 2.41 bits per heavy atom. The lowest BCUT2D eigenvalue weighted by Crippen LogP contribution is -2.12. The average Bonchev–Trinajstić information content (AvgIpc) is 3.22. The number of aromatic nitrogens is 2. The van der Waals surface area contributed by atoms with Crippen LogP contribution in [0, 0.1) is 6.92 Å². The number of hydrogen-bond donors (Lipinski definition) is 1. The SMILES string of the molecule is Cc1c(C(=O)Nc2ccc(N(C)C)cc2)sc2nc(-c3ccccc3)cn12. The van der Waals surface area contributed by atoms with Gasteiger partial charge in [0, 0.05) is 42.9 Å². The van der Waals surface area contributed by atoms with Crippen LogP contribution < -0.4 is 10.2 Å². The maximum Gasteiger partial charge on any atom is 0.267 e. The molecule has 1 N–H and O–H groups in total. The van der Waals surface area contributed by atoms with Gasteiger partial charge in [-0.15, -0.1) is 0 Å². The van der Waals surface area contributed by atoms with Crippen molar-refractivity contribution < 1.29 is 4.79 Å². The Balaban J connectivity index is 1.59. The van der Waals surface area contributed by atoms with Crippen LogP contribution >= 0.6 is 11.3 Å². The molecule has 0 aliphatic carbocycles. The zero-order chi connectivity index (χ0) is 19.0. The summed E-state index contributed by atoms with van der Waals surface area (Å²) in [5.41, 5.74) is 4.75. The number of anilines is 2. The fourth-order valence-corrected chi connectivity index (χ4v) is 3.94. The van der Waals surface area contributed by atoms with Gasteiger partial charge in [-0.1, -0.05) is 41.7 Å². The van der Waals surface area contributed by atoms with Gasteiger partial charge >= 0.3 is 0 Å². The minimum absolute atomic E-state index is 0.109. The van der Waals surface area contributed by atoms with Crippen LogP contribution in [-0.4, -0.2) is 29.4 Å². The summed E-state index contributed by atoms with van der Waals surface area (Å²) in [7, 11) is 3.98. The molecule has 0 unspecified atom stereocenters. The van der Waals surface area contributed by atoms with Gasteiger partial charge in [0.2, 0.25) is 0 Å². The number of nitrogens with one attached hydrogen (secondary N) is 1. The molecule has 2 heterocycles. The van der Waals surface area contributed by atoms with Gasteiger partial charge < -0.3 is 10.2 Å². The molecule has 6 heteroatoms. The van der Waals surface area contributed by atoms with Crippen LogP contribution in [0.1, 0.15) is 15.4 Å². The molecule has 0 atom stereocenters. The van der Waals surface area contributed by atoms with E-state index >= 15 is 0 Å². The molecule has 0 bridgehead atoms. The highest BCUT2D eigenvalue weighted by Crippen LogP contribution is 2.28. The molecule has 0 aliphatic heterocycles. The number of nitrogens with zero attached hydrogens (tertiary/aromatic N) is 3. The number of carbonyl (C=O) groups is 1. The van der Waals surface area contributed by atoms with E-state index in [1.54, 1.807) is 0 Å². The Hall–Kier alpha value is -3.12. The lowest BCUT2D eigenvalue weighted by Gasteiger charge is -2.12. The topological polar surface area (TPSA) is 49.6 Å². The molecule has 1 amide bonds. The highest BCUT2D eigenvalue weighted by molar-refractivity contribution is 7.19. The molecule has 27 heavy (non-hydrogen) atoms. The molecule has 0 saturated heterocycles. The summed E-state index contributed by atoms with van der Waals surface area (Å²) in [5.74, 6) is -0.109. The smallest absolute Gasteiger partial charge is 0.267 e. The maximum absolute atomic E-state index is 12.7. The van der Waals surface area contributed by atoms with Crippen LogP contribution in [0.25, 0.3) is 16.2 Å². The number of fused-ring (bicyclic) bond motifs is 1. The highest BCUT2D eigenvalue weighted by atomic mass is 32.1. The minimum Gasteiger partial charge on any atom is -0.378 e. The Bertz CT molecular complexity index is 1090. The van der Waals surface area contributed by atoms with Gasteiger partial charge in [0.1, 0.15) is 4.88 Å². The fourth-order valence-electron chi connectivity index (χ4n) is 2.94. The van der Waals surface area contributed by atoms with Crippen LogP contribution in [0.4, 0.5) is 11.4 Å². The largest absolute Gasteiger partial charge is 0.378 e.